The first kappa shape index (κ1) is 18.5. The van der Waals surface area contributed by atoms with E-state index in [0.717, 1.165) is 22.3 Å². The van der Waals surface area contributed by atoms with Crippen LogP contribution >= 0.6 is 39.3 Å². The number of amidine groups is 1. The van der Waals surface area contributed by atoms with Gasteiger partial charge in [-0.3, -0.25) is 10.1 Å². The standard InChI is InChI=1S/C14H11BrClN3O4S/c1-22-11(20)5-10-13(21)18-14(24-10)19-17-6-7-9(16)4-3-8(15)12(7)23-2/h3-6H,1-2H3,(H,18,19,21)/b10-5+,17-6?. The molecule has 1 heterocycles. The van der Waals surface area contributed by atoms with Gasteiger partial charge in [-0.15, -0.1) is 5.10 Å². The zero-order valence-corrected chi connectivity index (χ0v) is 15.7. The summed E-state index contributed by atoms with van der Waals surface area (Å²) in [4.78, 5) is 23.0. The van der Waals surface area contributed by atoms with Crippen LogP contribution in [-0.4, -0.2) is 37.5 Å². The normalized spacial score (nSPS) is 17.6. The minimum atomic E-state index is -0.622. The Kier molecular flexibility index (Phi) is 6.41. The predicted molar refractivity (Wildman–Crippen MR) is 96.6 cm³/mol. The van der Waals surface area contributed by atoms with Gasteiger partial charge in [0, 0.05) is 6.08 Å². The molecule has 1 aliphatic rings. The van der Waals surface area contributed by atoms with Gasteiger partial charge < -0.3 is 9.47 Å². The lowest BCUT2D eigenvalue weighted by molar-refractivity contribution is -0.135. The first-order valence-corrected chi connectivity index (χ1v) is 8.37. The van der Waals surface area contributed by atoms with Crippen LogP contribution in [0.25, 0.3) is 0 Å². The molecule has 126 valence electrons. The first-order chi connectivity index (χ1) is 11.5. The van der Waals surface area contributed by atoms with Crippen molar-refractivity contribution >= 4 is 62.6 Å². The van der Waals surface area contributed by atoms with E-state index in [1.54, 1.807) is 12.1 Å². The summed E-state index contributed by atoms with van der Waals surface area (Å²) < 4.78 is 10.5. The van der Waals surface area contributed by atoms with Crippen molar-refractivity contribution < 1.29 is 19.1 Å². The molecule has 0 aromatic heterocycles. The van der Waals surface area contributed by atoms with E-state index in [-0.39, 0.29) is 10.1 Å². The molecule has 1 fully saturated rings. The number of benzene rings is 1. The van der Waals surface area contributed by atoms with Crippen molar-refractivity contribution in [2.24, 2.45) is 10.2 Å². The minimum Gasteiger partial charge on any atom is -0.495 e. The quantitative estimate of drug-likeness (QED) is 0.342. The largest absolute Gasteiger partial charge is 0.495 e. The second-order valence-corrected chi connectivity index (χ2v) is 6.51. The molecule has 1 aliphatic heterocycles. The molecule has 24 heavy (non-hydrogen) atoms. The lowest BCUT2D eigenvalue weighted by atomic mass is 10.2. The van der Waals surface area contributed by atoms with Gasteiger partial charge in [-0.1, -0.05) is 11.6 Å². The summed E-state index contributed by atoms with van der Waals surface area (Å²) in [6, 6.07) is 3.44. The van der Waals surface area contributed by atoms with E-state index < -0.39 is 11.9 Å². The number of esters is 1. The Labute approximate surface area is 155 Å². The van der Waals surface area contributed by atoms with Crippen molar-refractivity contribution in [1.29, 1.82) is 0 Å². The van der Waals surface area contributed by atoms with Crippen LogP contribution in [0.5, 0.6) is 5.75 Å². The molecule has 0 radical (unpaired) electrons. The number of carbonyl (C=O) groups excluding carboxylic acids is 2. The van der Waals surface area contributed by atoms with Crippen LogP contribution in [0.4, 0.5) is 0 Å². The molecule has 1 aromatic carbocycles. The highest BCUT2D eigenvalue weighted by Crippen LogP contribution is 2.33. The van der Waals surface area contributed by atoms with Crippen LogP contribution in [0.2, 0.25) is 5.02 Å². The van der Waals surface area contributed by atoms with E-state index in [4.69, 9.17) is 16.3 Å². The highest BCUT2D eigenvalue weighted by Gasteiger charge is 2.25. The van der Waals surface area contributed by atoms with E-state index in [9.17, 15) is 9.59 Å². The maximum absolute atomic E-state index is 11.7. The van der Waals surface area contributed by atoms with Crippen molar-refractivity contribution in [3.8, 4) is 5.75 Å². The van der Waals surface area contributed by atoms with Gasteiger partial charge in [0.1, 0.15) is 5.75 Å². The first-order valence-electron chi connectivity index (χ1n) is 6.38. The van der Waals surface area contributed by atoms with E-state index in [0.29, 0.717) is 16.3 Å². The van der Waals surface area contributed by atoms with Gasteiger partial charge in [0.25, 0.3) is 5.91 Å². The summed E-state index contributed by atoms with van der Waals surface area (Å²) in [7, 11) is 2.74. The lowest BCUT2D eigenvalue weighted by Crippen LogP contribution is -2.19. The number of hydrogen-bond acceptors (Lipinski definition) is 7. The third kappa shape index (κ3) is 4.37. The molecule has 7 nitrogen and oxygen atoms in total. The van der Waals surface area contributed by atoms with Gasteiger partial charge in [-0.2, -0.15) is 5.10 Å². The van der Waals surface area contributed by atoms with Crippen molar-refractivity contribution in [3.63, 3.8) is 0 Å². The second-order valence-electron chi connectivity index (χ2n) is 4.21. The Balaban J connectivity index is 2.19. The maximum Gasteiger partial charge on any atom is 0.331 e. The molecule has 0 bridgehead atoms. The van der Waals surface area contributed by atoms with Gasteiger partial charge in [0.15, 0.2) is 5.17 Å². The smallest absolute Gasteiger partial charge is 0.331 e. The average Bonchev–Trinajstić information content (AvgIpc) is 2.90. The highest BCUT2D eigenvalue weighted by atomic mass is 79.9. The number of methoxy groups -OCH3 is 2. The topological polar surface area (TPSA) is 89.3 Å². The molecule has 1 amide bonds. The molecule has 0 atom stereocenters. The predicted octanol–water partition coefficient (Wildman–Crippen LogP) is 2.72. The summed E-state index contributed by atoms with van der Waals surface area (Å²) in [5, 5.41) is 11.0. The molecule has 1 aromatic rings. The van der Waals surface area contributed by atoms with Crippen LogP contribution in [-0.2, 0) is 14.3 Å². The Morgan fingerprint density at radius 1 is 1.42 bits per heavy atom. The number of carbonyl (C=O) groups is 2. The number of amides is 1. The third-order valence-electron chi connectivity index (χ3n) is 2.74. The molecule has 1 saturated heterocycles. The van der Waals surface area contributed by atoms with Gasteiger partial charge >= 0.3 is 5.97 Å². The molecule has 1 N–H and O–H groups in total. The van der Waals surface area contributed by atoms with Crippen molar-refractivity contribution in [2.75, 3.05) is 14.2 Å². The fourth-order valence-corrected chi connectivity index (χ4v) is 3.10. The highest BCUT2D eigenvalue weighted by molar-refractivity contribution is 9.10. The Hall–Kier alpha value is -1.84. The minimum absolute atomic E-state index is 0.175. The monoisotopic (exact) mass is 431 g/mol. The van der Waals surface area contributed by atoms with Crippen LogP contribution in [0.15, 0.2) is 37.8 Å². The zero-order valence-electron chi connectivity index (χ0n) is 12.5. The van der Waals surface area contributed by atoms with E-state index in [1.807, 2.05) is 0 Å². The molecule has 0 saturated carbocycles. The number of nitrogens with zero attached hydrogens (tertiary/aromatic N) is 2. The molecular weight excluding hydrogens is 422 g/mol. The number of ether oxygens (including phenoxy) is 2. The van der Waals surface area contributed by atoms with Crippen LogP contribution in [0.1, 0.15) is 5.56 Å². The number of nitrogens with one attached hydrogen (secondary N) is 1. The lowest BCUT2D eigenvalue weighted by Gasteiger charge is -2.07. The summed E-state index contributed by atoms with van der Waals surface area (Å²) in [5.41, 5.74) is 0.539. The average molecular weight is 433 g/mol. The van der Waals surface area contributed by atoms with Gasteiger partial charge in [0.05, 0.1) is 40.4 Å². The molecule has 0 aliphatic carbocycles. The van der Waals surface area contributed by atoms with Crippen molar-refractivity contribution in [2.45, 2.75) is 0 Å². The number of rotatable bonds is 4. The second kappa shape index (κ2) is 8.32. The van der Waals surface area contributed by atoms with Crippen molar-refractivity contribution in [1.82, 2.24) is 5.32 Å². The SMILES string of the molecule is COC(=O)/C=C1/S/C(=N\N=Cc2c(Cl)ccc(Br)c2OC)NC1=O. The maximum atomic E-state index is 11.7. The summed E-state index contributed by atoms with van der Waals surface area (Å²) in [6.07, 6.45) is 2.49. The molecule has 0 spiro atoms. The van der Waals surface area contributed by atoms with Gasteiger partial charge in [0.2, 0.25) is 0 Å². The number of halogens is 2. The zero-order chi connectivity index (χ0) is 17.7. The molecule has 10 heteroatoms. The Bertz CT molecular complexity index is 780. The summed E-state index contributed by atoms with van der Waals surface area (Å²) >= 11 is 10.4. The summed E-state index contributed by atoms with van der Waals surface area (Å²) in [6.45, 7) is 0. The third-order valence-corrected chi connectivity index (χ3v) is 4.59. The Morgan fingerprint density at radius 3 is 2.83 bits per heavy atom. The number of thioether (sulfide) groups is 1. The fraction of sp³-hybridized carbons (Fsp3) is 0.143. The van der Waals surface area contributed by atoms with Crippen LogP contribution in [0.3, 0.4) is 0 Å². The Morgan fingerprint density at radius 2 is 2.17 bits per heavy atom. The summed E-state index contributed by atoms with van der Waals surface area (Å²) in [5.74, 6) is -0.554. The number of hydrogen-bond donors (Lipinski definition) is 1. The van der Waals surface area contributed by atoms with Crippen molar-refractivity contribution in [3.05, 3.63) is 38.2 Å². The van der Waals surface area contributed by atoms with Crippen LogP contribution < -0.4 is 10.1 Å². The van der Waals surface area contributed by atoms with Gasteiger partial charge in [-0.25, -0.2) is 4.79 Å². The van der Waals surface area contributed by atoms with Gasteiger partial charge in [-0.05, 0) is 39.8 Å². The molecule has 0 unspecified atom stereocenters. The van der Waals surface area contributed by atoms with E-state index >= 15 is 0 Å². The van der Waals surface area contributed by atoms with E-state index in [1.165, 1.54) is 20.4 Å². The fourth-order valence-electron chi connectivity index (χ4n) is 1.66. The van der Waals surface area contributed by atoms with E-state index in [2.05, 4.69) is 36.2 Å². The molecule has 2 rings (SSSR count). The van der Waals surface area contributed by atoms with Crippen LogP contribution in [0, 0.1) is 0 Å². The molecular formula is C14H11BrClN3O4S.